The van der Waals surface area contributed by atoms with Crippen LogP contribution in [0.3, 0.4) is 0 Å². The Balaban J connectivity index is 2.20. The largest absolute Gasteiger partial charge is 0.329 e. The SMILES string of the molecule is CCc1nn(C)cc1C(CN)N(C)Cc1cccc(F)c1. The van der Waals surface area contributed by atoms with Crippen molar-refractivity contribution < 1.29 is 4.39 Å². The summed E-state index contributed by atoms with van der Waals surface area (Å²) < 4.78 is 15.1. The van der Waals surface area contributed by atoms with Crippen LogP contribution >= 0.6 is 0 Å². The second-order valence-corrected chi connectivity index (χ2v) is 5.35. The van der Waals surface area contributed by atoms with Gasteiger partial charge in [0, 0.05) is 31.9 Å². The quantitative estimate of drug-likeness (QED) is 0.887. The number of halogens is 1. The second-order valence-electron chi connectivity index (χ2n) is 5.35. The van der Waals surface area contributed by atoms with Crippen LogP contribution in [0.25, 0.3) is 0 Å². The van der Waals surface area contributed by atoms with Gasteiger partial charge in [-0.25, -0.2) is 4.39 Å². The van der Waals surface area contributed by atoms with Gasteiger partial charge >= 0.3 is 0 Å². The van der Waals surface area contributed by atoms with Gasteiger partial charge in [0.05, 0.1) is 11.7 Å². The molecule has 5 heteroatoms. The average molecular weight is 290 g/mol. The van der Waals surface area contributed by atoms with Crippen LogP contribution in [0.1, 0.15) is 29.8 Å². The number of nitrogens with zero attached hydrogens (tertiary/aromatic N) is 3. The Morgan fingerprint density at radius 1 is 1.43 bits per heavy atom. The van der Waals surface area contributed by atoms with Gasteiger partial charge in [-0.05, 0) is 31.2 Å². The van der Waals surface area contributed by atoms with E-state index in [2.05, 4.69) is 16.9 Å². The minimum absolute atomic E-state index is 0.0805. The van der Waals surface area contributed by atoms with Crippen LogP contribution in [-0.4, -0.2) is 28.3 Å². The molecule has 0 saturated heterocycles. The number of aromatic nitrogens is 2. The molecule has 4 nitrogen and oxygen atoms in total. The van der Waals surface area contributed by atoms with Crippen molar-refractivity contribution in [3.05, 3.63) is 53.1 Å². The second kappa shape index (κ2) is 6.83. The molecule has 0 saturated carbocycles. The van der Waals surface area contributed by atoms with Gasteiger partial charge in [-0.3, -0.25) is 9.58 Å². The first-order chi connectivity index (χ1) is 10.0. The van der Waals surface area contributed by atoms with Crippen molar-refractivity contribution in [2.75, 3.05) is 13.6 Å². The van der Waals surface area contributed by atoms with Crippen LogP contribution in [0.5, 0.6) is 0 Å². The highest BCUT2D eigenvalue weighted by molar-refractivity contribution is 5.23. The summed E-state index contributed by atoms with van der Waals surface area (Å²) in [4.78, 5) is 2.14. The molecule has 2 N–H and O–H groups in total. The lowest BCUT2D eigenvalue weighted by molar-refractivity contribution is 0.240. The lowest BCUT2D eigenvalue weighted by Gasteiger charge is -2.27. The highest BCUT2D eigenvalue weighted by Crippen LogP contribution is 2.23. The van der Waals surface area contributed by atoms with Crippen molar-refractivity contribution in [1.29, 1.82) is 0 Å². The van der Waals surface area contributed by atoms with Crippen LogP contribution in [0.4, 0.5) is 4.39 Å². The van der Waals surface area contributed by atoms with E-state index in [1.165, 1.54) is 6.07 Å². The molecule has 0 fully saturated rings. The summed E-state index contributed by atoms with van der Waals surface area (Å²) in [5, 5.41) is 4.48. The van der Waals surface area contributed by atoms with Gasteiger partial charge in [-0.15, -0.1) is 0 Å². The van der Waals surface area contributed by atoms with Crippen molar-refractivity contribution in [1.82, 2.24) is 14.7 Å². The monoisotopic (exact) mass is 290 g/mol. The molecule has 1 aromatic carbocycles. The molecule has 0 amide bonds. The molecule has 114 valence electrons. The topological polar surface area (TPSA) is 47.1 Å². The third kappa shape index (κ3) is 3.68. The number of aryl methyl sites for hydroxylation is 2. The molecule has 1 heterocycles. The number of rotatable bonds is 6. The minimum Gasteiger partial charge on any atom is -0.329 e. The van der Waals surface area contributed by atoms with Crippen LogP contribution < -0.4 is 5.73 Å². The molecule has 21 heavy (non-hydrogen) atoms. The van der Waals surface area contributed by atoms with E-state index in [0.29, 0.717) is 13.1 Å². The standard InChI is InChI=1S/C16H23FN4/c1-4-15-14(11-21(3)19-15)16(9-18)20(2)10-12-6-5-7-13(17)8-12/h5-8,11,16H,4,9-10,18H2,1-3H3. The Morgan fingerprint density at radius 3 is 2.81 bits per heavy atom. The molecule has 0 spiro atoms. The maximum Gasteiger partial charge on any atom is 0.123 e. The van der Waals surface area contributed by atoms with E-state index in [1.807, 2.05) is 31.0 Å². The summed E-state index contributed by atoms with van der Waals surface area (Å²) in [6.45, 7) is 3.24. The summed E-state index contributed by atoms with van der Waals surface area (Å²) in [5.74, 6) is -0.208. The maximum atomic E-state index is 13.3. The van der Waals surface area contributed by atoms with Crippen LogP contribution in [0.2, 0.25) is 0 Å². The Kier molecular flexibility index (Phi) is 5.09. The number of hydrogen-bond acceptors (Lipinski definition) is 3. The van der Waals surface area contributed by atoms with Gasteiger partial charge in [0.15, 0.2) is 0 Å². The molecule has 0 bridgehead atoms. The molecule has 1 unspecified atom stereocenters. The normalized spacial score (nSPS) is 12.9. The van der Waals surface area contributed by atoms with Gasteiger partial charge in [-0.2, -0.15) is 5.10 Å². The van der Waals surface area contributed by atoms with Gasteiger partial charge < -0.3 is 5.73 Å². The Morgan fingerprint density at radius 2 is 2.19 bits per heavy atom. The fourth-order valence-electron chi connectivity index (χ4n) is 2.68. The molecular weight excluding hydrogens is 267 g/mol. The Hall–Kier alpha value is -1.72. The summed E-state index contributed by atoms with van der Waals surface area (Å²) in [6, 6.07) is 6.76. The zero-order valence-corrected chi connectivity index (χ0v) is 12.9. The minimum atomic E-state index is -0.208. The lowest BCUT2D eigenvalue weighted by Crippen LogP contribution is -2.30. The fraction of sp³-hybridized carbons (Fsp3) is 0.438. The van der Waals surface area contributed by atoms with E-state index in [0.717, 1.165) is 23.2 Å². The molecule has 1 atom stereocenters. The smallest absolute Gasteiger partial charge is 0.123 e. The van der Waals surface area contributed by atoms with Crippen molar-refractivity contribution >= 4 is 0 Å². The first-order valence-corrected chi connectivity index (χ1v) is 7.22. The molecule has 2 rings (SSSR count). The van der Waals surface area contributed by atoms with Crippen molar-refractivity contribution in [2.24, 2.45) is 12.8 Å². The summed E-state index contributed by atoms with van der Waals surface area (Å²) in [7, 11) is 3.93. The summed E-state index contributed by atoms with van der Waals surface area (Å²) in [6.07, 6.45) is 2.90. The summed E-state index contributed by atoms with van der Waals surface area (Å²) in [5.41, 5.74) is 9.13. The zero-order chi connectivity index (χ0) is 15.4. The van der Waals surface area contributed by atoms with Crippen molar-refractivity contribution in [3.63, 3.8) is 0 Å². The van der Waals surface area contributed by atoms with E-state index in [1.54, 1.807) is 12.1 Å². The molecule has 1 aromatic heterocycles. The number of hydrogen-bond donors (Lipinski definition) is 1. The Labute approximate surface area is 125 Å². The third-order valence-corrected chi connectivity index (χ3v) is 3.71. The zero-order valence-electron chi connectivity index (χ0n) is 12.9. The predicted molar refractivity (Wildman–Crippen MR) is 82.2 cm³/mol. The van der Waals surface area contributed by atoms with Gasteiger partial charge in [0.25, 0.3) is 0 Å². The van der Waals surface area contributed by atoms with E-state index >= 15 is 0 Å². The van der Waals surface area contributed by atoms with Crippen LogP contribution in [0.15, 0.2) is 30.5 Å². The fourth-order valence-corrected chi connectivity index (χ4v) is 2.68. The van der Waals surface area contributed by atoms with Gasteiger partial charge in [-0.1, -0.05) is 19.1 Å². The number of likely N-dealkylation sites (N-methyl/N-ethyl adjacent to an activating group) is 1. The Bertz CT molecular complexity index is 594. The average Bonchev–Trinajstić information content (AvgIpc) is 2.80. The van der Waals surface area contributed by atoms with Gasteiger partial charge in [0.2, 0.25) is 0 Å². The van der Waals surface area contributed by atoms with Crippen LogP contribution in [0, 0.1) is 5.82 Å². The highest BCUT2D eigenvalue weighted by atomic mass is 19.1. The molecule has 0 aliphatic heterocycles. The van der Waals surface area contributed by atoms with E-state index < -0.39 is 0 Å². The molecule has 0 aliphatic carbocycles. The molecular formula is C16H23FN4. The van der Waals surface area contributed by atoms with E-state index in [9.17, 15) is 4.39 Å². The molecule has 2 aromatic rings. The first kappa shape index (κ1) is 15.7. The number of nitrogens with two attached hydrogens (primary N) is 1. The highest BCUT2D eigenvalue weighted by Gasteiger charge is 2.20. The van der Waals surface area contributed by atoms with Gasteiger partial charge in [0.1, 0.15) is 5.82 Å². The molecule has 0 aliphatic rings. The number of benzene rings is 1. The third-order valence-electron chi connectivity index (χ3n) is 3.71. The van der Waals surface area contributed by atoms with Crippen LogP contribution in [-0.2, 0) is 20.0 Å². The maximum absolute atomic E-state index is 13.3. The van der Waals surface area contributed by atoms with E-state index in [4.69, 9.17) is 5.73 Å². The summed E-state index contributed by atoms with van der Waals surface area (Å²) >= 11 is 0. The lowest BCUT2D eigenvalue weighted by atomic mass is 10.0. The van der Waals surface area contributed by atoms with Crippen molar-refractivity contribution in [3.8, 4) is 0 Å². The van der Waals surface area contributed by atoms with E-state index in [-0.39, 0.29) is 11.9 Å². The van der Waals surface area contributed by atoms with Crippen molar-refractivity contribution in [2.45, 2.75) is 25.9 Å². The first-order valence-electron chi connectivity index (χ1n) is 7.22. The predicted octanol–water partition coefficient (Wildman–Crippen LogP) is 2.25. The molecule has 0 radical (unpaired) electrons.